The molecular formula is C29H38N4O2. The van der Waals surface area contributed by atoms with E-state index in [9.17, 15) is 4.79 Å². The molecule has 0 N–H and O–H groups in total. The summed E-state index contributed by atoms with van der Waals surface area (Å²) in [5, 5.41) is 4.39. The molecule has 0 bridgehead atoms. The highest BCUT2D eigenvalue weighted by molar-refractivity contribution is 5.92. The quantitative estimate of drug-likeness (QED) is 0.477. The van der Waals surface area contributed by atoms with E-state index in [1.807, 2.05) is 38.1 Å². The summed E-state index contributed by atoms with van der Waals surface area (Å²) in [6, 6.07) is 19.0. The second kappa shape index (κ2) is 11.1. The molecular weight excluding hydrogens is 436 g/mol. The lowest BCUT2D eigenvalue weighted by atomic mass is 9.84. The van der Waals surface area contributed by atoms with E-state index < -0.39 is 0 Å². The van der Waals surface area contributed by atoms with Crippen molar-refractivity contribution in [2.75, 3.05) is 27.2 Å². The average Bonchev–Trinajstić information content (AvgIpc) is 3.20. The number of carbonyl (C=O) groups is 1. The highest BCUT2D eigenvalue weighted by Crippen LogP contribution is 2.29. The molecule has 4 rings (SSSR count). The van der Waals surface area contributed by atoms with Gasteiger partial charge in [0.05, 0.1) is 12.8 Å². The van der Waals surface area contributed by atoms with Gasteiger partial charge in [0.15, 0.2) is 0 Å². The van der Waals surface area contributed by atoms with Gasteiger partial charge < -0.3 is 9.64 Å². The van der Waals surface area contributed by atoms with Crippen molar-refractivity contribution in [2.24, 2.45) is 13.0 Å². The van der Waals surface area contributed by atoms with E-state index in [1.54, 1.807) is 11.8 Å². The normalized spacial score (nSPS) is 15.7. The molecule has 1 amide bonds. The van der Waals surface area contributed by atoms with Crippen molar-refractivity contribution in [3.05, 3.63) is 82.7 Å². The Kier molecular flexibility index (Phi) is 7.91. The topological polar surface area (TPSA) is 50.6 Å². The van der Waals surface area contributed by atoms with Crippen molar-refractivity contribution in [3.8, 4) is 5.75 Å². The summed E-state index contributed by atoms with van der Waals surface area (Å²) >= 11 is 0. The van der Waals surface area contributed by atoms with Gasteiger partial charge in [0.1, 0.15) is 11.4 Å². The predicted molar refractivity (Wildman–Crippen MR) is 140 cm³/mol. The second-order valence-corrected chi connectivity index (χ2v) is 9.89. The molecule has 3 aromatic rings. The maximum absolute atomic E-state index is 13.5. The molecule has 1 aliphatic heterocycles. The Hall–Kier alpha value is -3.12. The van der Waals surface area contributed by atoms with Crippen molar-refractivity contribution in [2.45, 2.75) is 45.7 Å². The number of hydrogen-bond donors (Lipinski definition) is 0. The molecule has 0 spiro atoms. The third-order valence-corrected chi connectivity index (χ3v) is 7.37. The second-order valence-electron chi connectivity index (χ2n) is 9.89. The minimum atomic E-state index is 0.0465. The van der Waals surface area contributed by atoms with E-state index in [0.29, 0.717) is 11.6 Å². The van der Waals surface area contributed by atoms with Crippen LogP contribution in [-0.2, 0) is 20.0 Å². The molecule has 0 saturated carbocycles. The monoisotopic (exact) mass is 474 g/mol. The summed E-state index contributed by atoms with van der Waals surface area (Å²) in [6.45, 7) is 7.04. The number of hydrogen-bond acceptors (Lipinski definition) is 4. The van der Waals surface area contributed by atoms with Crippen LogP contribution in [0.1, 0.15) is 45.7 Å². The van der Waals surface area contributed by atoms with Gasteiger partial charge in [-0.3, -0.25) is 14.4 Å². The van der Waals surface area contributed by atoms with Gasteiger partial charge in [-0.15, -0.1) is 0 Å². The number of benzene rings is 2. The highest BCUT2D eigenvalue weighted by Gasteiger charge is 2.33. The molecule has 6 nitrogen and oxygen atoms in total. The lowest BCUT2D eigenvalue weighted by molar-refractivity contribution is 0.0575. The number of ether oxygens (including phenoxy) is 1. The first-order chi connectivity index (χ1) is 16.9. The zero-order valence-electron chi connectivity index (χ0n) is 21.7. The van der Waals surface area contributed by atoms with Crippen molar-refractivity contribution in [3.63, 3.8) is 0 Å². The average molecular weight is 475 g/mol. The van der Waals surface area contributed by atoms with Crippen LogP contribution in [0.3, 0.4) is 0 Å². The number of nitrogens with zero attached hydrogens (tertiary/aromatic N) is 4. The molecule has 186 valence electrons. The van der Waals surface area contributed by atoms with Crippen LogP contribution in [0.15, 0.2) is 54.6 Å². The number of rotatable bonds is 8. The molecule has 1 aliphatic rings. The minimum Gasteiger partial charge on any atom is -0.496 e. The zero-order valence-corrected chi connectivity index (χ0v) is 21.7. The summed E-state index contributed by atoms with van der Waals surface area (Å²) in [5.41, 5.74) is 5.28. The molecule has 6 heteroatoms. The fraction of sp³-hybridized carbons (Fsp3) is 0.448. The van der Waals surface area contributed by atoms with E-state index in [0.717, 1.165) is 50.3 Å². The smallest absolute Gasteiger partial charge is 0.272 e. The molecule has 35 heavy (non-hydrogen) atoms. The maximum atomic E-state index is 13.5. The van der Waals surface area contributed by atoms with Gasteiger partial charge in [-0.1, -0.05) is 42.5 Å². The number of piperidine rings is 1. The Morgan fingerprint density at radius 2 is 1.80 bits per heavy atom. The van der Waals surface area contributed by atoms with Gasteiger partial charge >= 0.3 is 0 Å². The zero-order chi connectivity index (χ0) is 24.9. The van der Waals surface area contributed by atoms with Gasteiger partial charge in [-0.25, -0.2) is 0 Å². The van der Waals surface area contributed by atoms with E-state index in [4.69, 9.17) is 4.74 Å². The lowest BCUT2D eigenvalue weighted by Gasteiger charge is -2.40. The first-order valence-electron chi connectivity index (χ1n) is 12.5. The summed E-state index contributed by atoms with van der Waals surface area (Å²) in [7, 11) is 5.53. The van der Waals surface area contributed by atoms with Crippen LogP contribution in [0.25, 0.3) is 0 Å². The van der Waals surface area contributed by atoms with Gasteiger partial charge in [0.2, 0.25) is 0 Å². The van der Waals surface area contributed by atoms with E-state index in [1.165, 1.54) is 16.7 Å². The van der Waals surface area contributed by atoms with Crippen LogP contribution in [-0.4, -0.2) is 58.8 Å². The molecule has 0 aliphatic carbocycles. The summed E-state index contributed by atoms with van der Waals surface area (Å²) < 4.78 is 7.11. The predicted octanol–water partition coefficient (Wildman–Crippen LogP) is 4.64. The molecule has 1 atom stereocenters. The van der Waals surface area contributed by atoms with Gasteiger partial charge in [0, 0.05) is 26.7 Å². The van der Waals surface area contributed by atoms with Gasteiger partial charge in [-0.05, 0) is 80.9 Å². The number of likely N-dealkylation sites (N-methyl/N-ethyl adjacent to an activating group) is 1. The number of amides is 1. The SMILES string of the molecule is COc1ccc(CN2CCC(C(Cc3ccccc3)N(C)C(=O)c3cc(C)nn3C)CC2)cc1C. The maximum Gasteiger partial charge on any atom is 0.272 e. The third-order valence-electron chi connectivity index (χ3n) is 7.37. The first kappa shape index (κ1) is 25.0. The molecule has 1 unspecified atom stereocenters. The van der Waals surface area contributed by atoms with Gasteiger partial charge in [0.25, 0.3) is 5.91 Å². The number of methoxy groups -OCH3 is 1. The summed E-state index contributed by atoms with van der Waals surface area (Å²) in [6.07, 6.45) is 3.02. The van der Waals surface area contributed by atoms with E-state index in [-0.39, 0.29) is 11.9 Å². The molecule has 0 radical (unpaired) electrons. The minimum absolute atomic E-state index is 0.0465. The van der Waals surface area contributed by atoms with Crippen LogP contribution in [0.5, 0.6) is 5.75 Å². The van der Waals surface area contributed by atoms with E-state index >= 15 is 0 Å². The standard InChI is InChI=1S/C29H38N4O2/c1-21-17-24(11-12-28(21)35-5)20-33-15-13-25(14-16-33)26(19-23-9-7-6-8-10-23)31(3)29(34)27-18-22(2)30-32(27)4/h6-12,17-18,25-26H,13-16,19-20H2,1-5H3. The lowest BCUT2D eigenvalue weighted by Crippen LogP contribution is -2.47. The number of aryl methyl sites for hydroxylation is 3. The molecule has 1 aromatic heterocycles. The Bertz CT molecular complexity index is 1130. The van der Waals surface area contributed by atoms with E-state index in [2.05, 4.69) is 59.4 Å². The van der Waals surface area contributed by atoms with Gasteiger partial charge in [-0.2, -0.15) is 5.10 Å². The number of carbonyl (C=O) groups excluding carboxylic acids is 1. The summed E-state index contributed by atoms with van der Waals surface area (Å²) in [4.78, 5) is 18.0. The Balaban J connectivity index is 1.46. The Labute approximate surface area is 209 Å². The van der Waals surface area contributed by atoms with Crippen LogP contribution < -0.4 is 4.74 Å². The first-order valence-corrected chi connectivity index (χ1v) is 12.5. The van der Waals surface area contributed by atoms with Crippen LogP contribution in [0.2, 0.25) is 0 Å². The molecule has 1 fully saturated rings. The Morgan fingerprint density at radius 3 is 2.40 bits per heavy atom. The van der Waals surface area contributed by atoms with Crippen LogP contribution in [0, 0.1) is 19.8 Å². The fourth-order valence-electron chi connectivity index (χ4n) is 5.41. The van der Waals surface area contributed by atoms with Crippen molar-refractivity contribution in [1.82, 2.24) is 19.6 Å². The van der Waals surface area contributed by atoms with Crippen molar-refractivity contribution >= 4 is 5.91 Å². The third kappa shape index (κ3) is 5.93. The summed E-state index contributed by atoms with van der Waals surface area (Å²) in [5.74, 6) is 1.44. The van der Waals surface area contributed by atoms with Crippen molar-refractivity contribution in [1.29, 1.82) is 0 Å². The highest BCUT2D eigenvalue weighted by atomic mass is 16.5. The Morgan fingerprint density at radius 1 is 1.09 bits per heavy atom. The van der Waals surface area contributed by atoms with Crippen LogP contribution in [0.4, 0.5) is 0 Å². The number of likely N-dealkylation sites (tertiary alicyclic amines) is 1. The molecule has 2 heterocycles. The van der Waals surface area contributed by atoms with Crippen molar-refractivity contribution < 1.29 is 9.53 Å². The fourth-order valence-corrected chi connectivity index (χ4v) is 5.41. The molecule has 1 saturated heterocycles. The van der Waals surface area contributed by atoms with Crippen LogP contribution >= 0.6 is 0 Å². The molecule has 2 aromatic carbocycles. The number of aromatic nitrogens is 2. The largest absolute Gasteiger partial charge is 0.496 e.